The molecule has 3 aromatic rings. The summed E-state index contributed by atoms with van der Waals surface area (Å²) in [5.41, 5.74) is 2.16. The minimum absolute atomic E-state index is 0.0480. The highest BCUT2D eigenvalue weighted by Crippen LogP contribution is 2.26. The number of carbonyl (C=O) groups excluding carboxylic acids is 2. The SMILES string of the molecule is Cc1cccc(C(=O)N2CCCC2)c1NC(=O)c1csc(-c2ncccn2)n1. The van der Waals surface area contributed by atoms with Crippen molar-refractivity contribution >= 4 is 28.8 Å². The highest BCUT2D eigenvalue weighted by atomic mass is 32.1. The quantitative estimate of drug-likeness (QED) is 0.734. The first-order valence-corrected chi connectivity index (χ1v) is 9.94. The predicted molar refractivity (Wildman–Crippen MR) is 107 cm³/mol. The fraction of sp³-hybridized carbons (Fsp3) is 0.250. The van der Waals surface area contributed by atoms with E-state index in [1.807, 2.05) is 24.0 Å². The van der Waals surface area contributed by atoms with Crippen LogP contribution in [-0.4, -0.2) is 44.8 Å². The van der Waals surface area contributed by atoms with Gasteiger partial charge in [-0.1, -0.05) is 12.1 Å². The van der Waals surface area contributed by atoms with Crippen LogP contribution in [0.15, 0.2) is 42.0 Å². The monoisotopic (exact) mass is 393 g/mol. The molecule has 7 nitrogen and oxygen atoms in total. The van der Waals surface area contributed by atoms with E-state index >= 15 is 0 Å². The van der Waals surface area contributed by atoms with Gasteiger partial charge >= 0.3 is 0 Å². The molecule has 0 atom stereocenters. The van der Waals surface area contributed by atoms with Gasteiger partial charge in [0.25, 0.3) is 11.8 Å². The van der Waals surface area contributed by atoms with Crippen molar-refractivity contribution < 1.29 is 9.59 Å². The number of aryl methyl sites for hydroxylation is 1. The number of aromatic nitrogens is 3. The first-order valence-electron chi connectivity index (χ1n) is 9.06. The van der Waals surface area contributed by atoms with Crippen LogP contribution in [0.3, 0.4) is 0 Å². The molecule has 1 saturated heterocycles. The third kappa shape index (κ3) is 3.63. The van der Waals surface area contributed by atoms with E-state index in [2.05, 4.69) is 20.3 Å². The number of nitrogens with zero attached hydrogens (tertiary/aromatic N) is 4. The number of para-hydroxylation sites is 1. The molecule has 0 radical (unpaired) electrons. The maximum atomic E-state index is 12.9. The van der Waals surface area contributed by atoms with Gasteiger partial charge in [-0.2, -0.15) is 0 Å². The summed E-state index contributed by atoms with van der Waals surface area (Å²) in [5.74, 6) is 0.0729. The standard InChI is InChI=1S/C20H19N5O2S/c1-13-6-4-7-14(20(27)25-10-2-3-11-25)16(13)24-18(26)15-12-28-19(23-15)17-21-8-5-9-22-17/h4-9,12H,2-3,10-11H2,1H3,(H,24,26). The summed E-state index contributed by atoms with van der Waals surface area (Å²) in [7, 11) is 0. The van der Waals surface area contributed by atoms with E-state index in [9.17, 15) is 9.59 Å². The number of amides is 2. The van der Waals surface area contributed by atoms with Crippen LogP contribution in [0.25, 0.3) is 10.8 Å². The third-order valence-corrected chi connectivity index (χ3v) is 5.47. The second-order valence-electron chi connectivity index (χ2n) is 6.56. The Labute approximate surface area is 166 Å². The molecule has 1 fully saturated rings. The molecule has 2 aromatic heterocycles. The summed E-state index contributed by atoms with van der Waals surface area (Å²) < 4.78 is 0. The highest BCUT2D eigenvalue weighted by Gasteiger charge is 2.24. The van der Waals surface area contributed by atoms with E-state index in [-0.39, 0.29) is 17.5 Å². The molecule has 28 heavy (non-hydrogen) atoms. The molecule has 0 aliphatic carbocycles. The number of hydrogen-bond donors (Lipinski definition) is 1. The van der Waals surface area contributed by atoms with Crippen LogP contribution in [0.1, 0.15) is 39.3 Å². The van der Waals surface area contributed by atoms with Crippen LogP contribution in [0.2, 0.25) is 0 Å². The largest absolute Gasteiger partial charge is 0.339 e. The first-order chi connectivity index (χ1) is 13.6. The van der Waals surface area contributed by atoms with Gasteiger partial charge in [-0.15, -0.1) is 11.3 Å². The maximum absolute atomic E-state index is 12.9. The van der Waals surface area contributed by atoms with Crippen LogP contribution < -0.4 is 5.32 Å². The van der Waals surface area contributed by atoms with Crippen molar-refractivity contribution in [2.75, 3.05) is 18.4 Å². The van der Waals surface area contributed by atoms with E-state index in [1.54, 1.807) is 29.9 Å². The molecule has 1 aromatic carbocycles. The Morgan fingerprint density at radius 3 is 2.61 bits per heavy atom. The van der Waals surface area contributed by atoms with Crippen molar-refractivity contribution in [2.24, 2.45) is 0 Å². The van der Waals surface area contributed by atoms with E-state index < -0.39 is 0 Å². The summed E-state index contributed by atoms with van der Waals surface area (Å²) in [4.78, 5) is 40.1. The van der Waals surface area contributed by atoms with Gasteiger partial charge in [0, 0.05) is 30.9 Å². The van der Waals surface area contributed by atoms with Crippen molar-refractivity contribution in [3.8, 4) is 10.8 Å². The van der Waals surface area contributed by atoms with Gasteiger partial charge in [-0.25, -0.2) is 15.0 Å². The van der Waals surface area contributed by atoms with Crippen molar-refractivity contribution in [3.05, 3.63) is 58.9 Å². The zero-order valence-corrected chi connectivity index (χ0v) is 16.2. The average Bonchev–Trinajstić information content (AvgIpc) is 3.42. The van der Waals surface area contributed by atoms with E-state index in [4.69, 9.17) is 0 Å². The molecule has 3 heterocycles. The number of anilines is 1. The fourth-order valence-electron chi connectivity index (χ4n) is 3.17. The summed E-state index contributed by atoms with van der Waals surface area (Å²) >= 11 is 1.30. The minimum atomic E-state index is -0.358. The maximum Gasteiger partial charge on any atom is 0.275 e. The summed E-state index contributed by atoms with van der Waals surface area (Å²) in [6, 6.07) is 7.19. The Hall–Kier alpha value is -3.13. The Bertz CT molecular complexity index is 1010. The normalized spacial score (nSPS) is 13.5. The number of benzene rings is 1. The molecule has 4 rings (SSSR count). The van der Waals surface area contributed by atoms with Crippen LogP contribution in [-0.2, 0) is 0 Å². The van der Waals surface area contributed by atoms with E-state index in [0.29, 0.717) is 22.1 Å². The topological polar surface area (TPSA) is 88.1 Å². The van der Waals surface area contributed by atoms with Gasteiger partial charge in [0.05, 0.1) is 11.3 Å². The van der Waals surface area contributed by atoms with Gasteiger partial charge < -0.3 is 10.2 Å². The predicted octanol–water partition coefficient (Wildman–Crippen LogP) is 3.40. The zero-order chi connectivity index (χ0) is 19.5. The molecule has 0 unspecified atom stereocenters. The van der Waals surface area contributed by atoms with Gasteiger partial charge in [0.1, 0.15) is 5.69 Å². The molecule has 1 N–H and O–H groups in total. The van der Waals surface area contributed by atoms with Crippen LogP contribution in [0.4, 0.5) is 5.69 Å². The van der Waals surface area contributed by atoms with Crippen LogP contribution in [0.5, 0.6) is 0 Å². The molecule has 1 aliphatic rings. The molecular weight excluding hydrogens is 374 g/mol. The summed E-state index contributed by atoms with van der Waals surface area (Å²) in [6.45, 7) is 3.39. The summed E-state index contributed by atoms with van der Waals surface area (Å²) in [6.07, 6.45) is 5.30. The van der Waals surface area contributed by atoms with Gasteiger partial charge in [0.15, 0.2) is 10.8 Å². The smallest absolute Gasteiger partial charge is 0.275 e. The number of thiazole rings is 1. The van der Waals surface area contributed by atoms with E-state index in [0.717, 1.165) is 31.5 Å². The first kappa shape index (κ1) is 18.2. The Kier molecular flexibility index (Phi) is 5.12. The fourth-order valence-corrected chi connectivity index (χ4v) is 3.92. The molecule has 0 bridgehead atoms. The minimum Gasteiger partial charge on any atom is -0.339 e. The Balaban J connectivity index is 1.58. The number of rotatable bonds is 4. The molecule has 142 valence electrons. The number of carbonyl (C=O) groups is 2. The molecule has 2 amide bonds. The number of nitrogens with one attached hydrogen (secondary N) is 1. The van der Waals surface area contributed by atoms with Gasteiger partial charge in [-0.3, -0.25) is 9.59 Å². The van der Waals surface area contributed by atoms with Crippen molar-refractivity contribution in [2.45, 2.75) is 19.8 Å². The molecular formula is C20H19N5O2S. The van der Waals surface area contributed by atoms with Crippen LogP contribution >= 0.6 is 11.3 Å². The molecule has 0 spiro atoms. The Morgan fingerprint density at radius 1 is 1.11 bits per heavy atom. The van der Waals surface area contributed by atoms with Crippen molar-refractivity contribution in [1.82, 2.24) is 19.9 Å². The second-order valence-corrected chi connectivity index (χ2v) is 7.42. The van der Waals surface area contributed by atoms with Gasteiger partial charge in [-0.05, 0) is 37.5 Å². The molecule has 0 saturated carbocycles. The van der Waals surface area contributed by atoms with Gasteiger partial charge in [0.2, 0.25) is 0 Å². The third-order valence-electron chi connectivity index (χ3n) is 4.63. The lowest BCUT2D eigenvalue weighted by Crippen LogP contribution is -2.29. The van der Waals surface area contributed by atoms with Crippen molar-refractivity contribution in [3.63, 3.8) is 0 Å². The number of hydrogen-bond acceptors (Lipinski definition) is 6. The highest BCUT2D eigenvalue weighted by molar-refractivity contribution is 7.13. The van der Waals surface area contributed by atoms with Crippen molar-refractivity contribution in [1.29, 1.82) is 0 Å². The Morgan fingerprint density at radius 2 is 1.86 bits per heavy atom. The lowest BCUT2D eigenvalue weighted by Gasteiger charge is -2.19. The molecule has 8 heteroatoms. The lowest BCUT2D eigenvalue weighted by molar-refractivity contribution is 0.0794. The zero-order valence-electron chi connectivity index (χ0n) is 15.4. The summed E-state index contributed by atoms with van der Waals surface area (Å²) in [5, 5.41) is 5.12. The van der Waals surface area contributed by atoms with Crippen LogP contribution in [0, 0.1) is 6.92 Å². The molecule has 1 aliphatic heterocycles. The number of likely N-dealkylation sites (tertiary alicyclic amines) is 1. The lowest BCUT2D eigenvalue weighted by atomic mass is 10.1. The second kappa shape index (κ2) is 7.85. The average molecular weight is 393 g/mol. The van der Waals surface area contributed by atoms with E-state index in [1.165, 1.54) is 11.3 Å².